The van der Waals surface area contributed by atoms with Crippen LogP contribution in [0, 0.1) is 21.4 Å². The second-order valence-corrected chi connectivity index (χ2v) is 5.11. The monoisotopic (exact) mass is 296 g/mol. The number of nitriles is 1. The summed E-state index contributed by atoms with van der Waals surface area (Å²) in [4.78, 5) is 10.5. The zero-order valence-electron chi connectivity index (χ0n) is 9.52. The molecule has 0 saturated carbocycles. The molecular weight excluding hydrogens is 284 g/mol. The number of alkyl halides is 1. The lowest BCUT2D eigenvalue weighted by atomic mass is 10.0. The van der Waals surface area contributed by atoms with Gasteiger partial charge in [0.15, 0.2) is 0 Å². The van der Waals surface area contributed by atoms with Gasteiger partial charge < -0.3 is 0 Å². The molecule has 0 amide bonds. The largest absolute Gasteiger partial charge is 0.287 e. The zero-order valence-corrected chi connectivity index (χ0v) is 11.1. The minimum absolute atomic E-state index is 0.127. The molecule has 0 bridgehead atoms. The quantitative estimate of drug-likeness (QED) is 0.474. The van der Waals surface area contributed by atoms with E-state index in [1.807, 2.05) is 6.07 Å². The minimum atomic E-state index is -0.528. The molecule has 1 rings (SSSR count). The van der Waals surface area contributed by atoms with E-state index in [0.717, 1.165) is 24.8 Å². The Morgan fingerprint density at radius 1 is 1.59 bits per heavy atom. The van der Waals surface area contributed by atoms with Gasteiger partial charge in [-0.25, -0.2) is 0 Å². The molecular formula is C12H13BrN2O2. The lowest BCUT2D eigenvalue weighted by Gasteiger charge is -2.08. The second kappa shape index (κ2) is 6.36. The molecule has 0 aliphatic rings. The van der Waals surface area contributed by atoms with Crippen molar-refractivity contribution in [1.82, 2.24) is 0 Å². The third-order valence-corrected chi connectivity index (χ3v) is 3.22. The molecule has 0 aromatic heterocycles. The average Bonchev–Trinajstić information content (AvgIpc) is 2.28. The number of halogens is 1. The highest BCUT2D eigenvalue weighted by molar-refractivity contribution is 9.09. The van der Waals surface area contributed by atoms with Crippen LogP contribution in [-0.2, 0) is 6.42 Å². The van der Waals surface area contributed by atoms with Crippen molar-refractivity contribution in [2.75, 3.05) is 0 Å². The number of nitrogens with zero attached hydrogens (tertiary/aromatic N) is 2. The number of hydrogen-bond acceptors (Lipinski definition) is 3. The summed E-state index contributed by atoms with van der Waals surface area (Å²) in [6.07, 6.45) is 2.90. The molecule has 5 heteroatoms. The van der Waals surface area contributed by atoms with E-state index in [-0.39, 0.29) is 11.3 Å². The fraction of sp³-hybridized carbons (Fsp3) is 0.417. The van der Waals surface area contributed by atoms with Crippen molar-refractivity contribution < 1.29 is 4.92 Å². The van der Waals surface area contributed by atoms with Crippen LogP contribution < -0.4 is 0 Å². The first-order chi connectivity index (χ1) is 8.08. The Balaban J connectivity index is 2.91. The summed E-state index contributed by atoms with van der Waals surface area (Å²) in [5.74, 6) is 0. The van der Waals surface area contributed by atoms with Crippen LogP contribution in [0.25, 0.3) is 0 Å². The van der Waals surface area contributed by atoms with Gasteiger partial charge >= 0.3 is 0 Å². The average molecular weight is 297 g/mol. The van der Waals surface area contributed by atoms with Gasteiger partial charge in [0.25, 0.3) is 5.69 Å². The van der Waals surface area contributed by atoms with Gasteiger partial charge in [-0.15, -0.1) is 0 Å². The predicted octanol–water partition coefficient (Wildman–Crippen LogP) is 3.57. The van der Waals surface area contributed by atoms with E-state index >= 15 is 0 Å². The minimum Gasteiger partial charge on any atom is -0.258 e. The van der Waals surface area contributed by atoms with Crippen molar-refractivity contribution in [3.63, 3.8) is 0 Å². The molecule has 1 atom stereocenters. The fourth-order valence-corrected chi connectivity index (χ4v) is 2.46. The summed E-state index contributed by atoms with van der Waals surface area (Å²) < 4.78 is 0. The van der Waals surface area contributed by atoms with Gasteiger partial charge in [-0.1, -0.05) is 35.3 Å². The number of nitro benzene ring substituents is 1. The van der Waals surface area contributed by atoms with Crippen LogP contribution in [0.5, 0.6) is 0 Å². The summed E-state index contributed by atoms with van der Waals surface area (Å²) in [6, 6.07) is 6.58. The van der Waals surface area contributed by atoms with E-state index in [4.69, 9.17) is 5.26 Å². The molecule has 1 aromatic carbocycles. The van der Waals surface area contributed by atoms with Gasteiger partial charge in [0.1, 0.15) is 11.6 Å². The number of rotatable bonds is 5. The molecule has 0 heterocycles. The topological polar surface area (TPSA) is 66.9 Å². The summed E-state index contributed by atoms with van der Waals surface area (Å²) >= 11 is 3.55. The van der Waals surface area contributed by atoms with Crippen molar-refractivity contribution in [2.45, 2.75) is 31.0 Å². The Hall–Kier alpha value is -1.41. The van der Waals surface area contributed by atoms with Crippen LogP contribution in [0.4, 0.5) is 5.69 Å². The molecule has 1 aromatic rings. The Bertz CT molecular complexity index is 454. The summed E-state index contributed by atoms with van der Waals surface area (Å²) in [5.41, 5.74) is 0.948. The van der Waals surface area contributed by atoms with Crippen LogP contribution in [0.3, 0.4) is 0 Å². The Labute approximate surface area is 109 Å². The Morgan fingerprint density at radius 2 is 2.29 bits per heavy atom. The molecule has 0 N–H and O–H groups in total. The first-order valence-electron chi connectivity index (χ1n) is 5.40. The summed E-state index contributed by atoms with van der Waals surface area (Å²) in [6.45, 7) is 2.10. The van der Waals surface area contributed by atoms with Crippen LogP contribution in [-0.4, -0.2) is 9.75 Å². The van der Waals surface area contributed by atoms with Gasteiger partial charge in [-0.3, -0.25) is 10.1 Å². The van der Waals surface area contributed by atoms with Gasteiger partial charge in [-0.2, -0.15) is 5.26 Å². The first kappa shape index (κ1) is 13.7. The van der Waals surface area contributed by atoms with Crippen LogP contribution in [0.2, 0.25) is 0 Å². The van der Waals surface area contributed by atoms with Crippen molar-refractivity contribution >= 4 is 21.6 Å². The van der Waals surface area contributed by atoms with E-state index in [0.29, 0.717) is 4.83 Å². The summed E-state index contributed by atoms with van der Waals surface area (Å²) in [5, 5.41) is 19.5. The molecule has 0 saturated heterocycles. The molecule has 1 unspecified atom stereocenters. The molecule has 4 nitrogen and oxygen atoms in total. The molecule has 0 spiro atoms. The SMILES string of the molecule is CCCC(Br)Cc1ccc([N+](=O)[O-])c(C#N)c1. The number of benzene rings is 1. The maximum Gasteiger partial charge on any atom is 0.287 e. The highest BCUT2D eigenvalue weighted by Crippen LogP contribution is 2.22. The molecule has 0 fully saturated rings. The molecule has 90 valence electrons. The van der Waals surface area contributed by atoms with Crippen molar-refractivity contribution in [3.8, 4) is 6.07 Å². The highest BCUT2D eigenvalue weighted by Gasteiger charge is 2.14. The molecule has 0 radical (unpaired) electrons. The van der Waals surface area contributed by atoms with E-state index in [9.17, 15) is 10.1 Å². The molecule has 0 aliphatic heterocycles. The highest BCUT2D eigenvalue weighted by atomic mass is 79.9. The van der Waals surface area contributed by atoms with Gasteiger partial charge in [0.05, 0.1) is 4.92 Å². The molecule has 0 aliphatic carbocycles. The number of nitro groups is 1. The van der Waals surface area contributed by atoms with E-state index in [2.05, 4.69) is 22.9 Å². The smallest absolute Gasteiger partial charge is 0.258 e. The van der Waals surface area contributed by atoms with E-state index in [1.54, 1.807) is 12.1 Å². The lowest BCUT2D eigenvalue weighted by molar-refractivity contribution is -0.385. The van der Waals surface area contributed by atoms with Crippen LogP contribution in [0.1, 0.15) is 30.9 Å². The lowest BCUT2D eigenvalue weighted by Crippen LogP contribution is -2.03. The first-order valence-corrected chi connectivity index (χ1v) is 6.31. The third kappa shape index (κ3) is 3.82. The maximum absolute atomic E-state index is 10.7. The zero-order chi connectivity index (χ0) is 12.8. The van der Waals surface area contributed by atoms with Crippen LogP contribution in [0.15, 0.2) is 18.2 Å². The maximum atomic E-state index is 10.7. The van der Waals surface area contributed by atoms with E-state index < -0.39 is 4.92 Å². The van der Waals surface area contributed by atoms with Gasteiger partial charge in [0, 0.05) is 10.9 Å². The van der Waals surface area contributed by atoms with Crippen molar-refractivity contribution in [1.29, 1.82) is 5.26 Å². The summed E-state index contributed by atoms with van der Waals surface area (Å²) in [7, 11) is 0. The van der Waals surface area contributed by atoms with Gasteiger partial charge in [-0.05, 0) is 24.5 Å². The van der Waals surface area contributed by atoms with Crippen molar-refractivity contribution in [2.24, 2.45) is 0 Å². The Kier molecular flexibility index (Phi) is 5.11. The van der Waals surface area contributed by atoms with E-state index in [1.165, 1.54) is 6.07 Å². The Morgan fingerprint density at radius 3 is 2.82 bits per heavy atom. The third-order valence-electron chi connectivity index (χ3n) is 2.44. The standard InChI is InChI=1S/C12H13BrN2O2/c1-2-3-11(13)7-9-4-5-12(15(16)17)10(6-9)8-14/h4-6,11H,2-3,7H2,1H3. The molecule has 17 heavy (non-hydrogen) atoms. The van der Waals surface area contributed by atoms with Crippen LogP contribution >= 0.6 is 15.9 Å². The normalized spacial score (nSPS) is 11.8. The number of hydrogen-bond donors (Lipinski definition) is 0. The van der Waals surface area contributed by atoms with Crippen molar-refractivity contribution in [3.05, 3.63) is 39.4 Å². The predicted molar refractivity (Wildman–Crippen MR) is 69.1 cm³/mol. The fourth-order valence-electron chi connectivity index (χ4n) is 1.63. The second-order valence-electron chi connectivity index (χ2n) is 3.81. The van der Waals surface area contributed by atoms with Gasteiger partial charge in [0.2, 0.25) is 0 Å².